The van der Waals surface area contributed by atoms with Crippen LogP contribution in [0.3, 0.4) is 0 Å². The Morgan fingerprint density at radius 1 is 1.11 bits per heavy atom. The minimum absolute atomic E-state index is 0.151. The van der Waals surface area contributed by atoms with Gasteiger partial charge in [0.05, 0.1) is 24.4 Å². The van der Waals surface area contributed by atoms with Crippen molar-refractivity contribution in [2.24, 2.45) is 5.92 Å². The van der Waals surface area contributed by atoms with E-state index in [1.54, 1.807) is 4.90 Å². The molecule has 6 nitrogen and oxygen atoms in total. The highest BCUT2D eigenvalue weighted by atomic mass is 19.1. The lowest BCUT2D eigenvalue weighted by molar-refractivity contribution is -0.159. The molecular formula is C27H27F2N3O3. The Balaban J connectivity index is 1.30. The molecule has 2 N–H and O–H groups in total. The van der Waals surface area contributed by atoms with E-state index in [2.05, 4.69) is 17.2 Å². The molecule has 3 atom stereocenters. The predicted molar refractivity (Wildman–Crippen MR) is 126 cm³/mol. The van der Waals surface area contributed by atoms with Gasteiger partial charge in [0.2, 0.25) is 5.91 Å². The first-order valence-corrected chi connectivity index (χ1v) is 12.0. The van der Waals surface area contributed by atoms with Crippen molar-refractivity contribution >= 4 is 17.6 Å². The van der Waals surface area contributed by atoms with Crippen LogP contribution in [0.15, 0.2) is 42.5 Å². The number of benzene rings is 2. The van der Waals surface area contributed by atoms with Crippen LogP contribution in [-0.2, 0) is 4.79 Å². The number of halogens is 2. The van der Waals surface area contributed by atoms with Crippen LogP contribution < -0.4 is 5.32 Å². The van der Waals surface area contributed by atoms with Gasteiger partial charge in [0, 0.05) is 30.0 Å². The number of carbonyl (C=O) groups excluding carboxylic acids is 2. The fraction of sp³-hybridized carbons (Fsp3) is 0.407. The second-order valence-electron chi connectivity index (χ2n) is 9.45. The maximum Gasteiger partial charge on any atom is 0.322 e. The summed E-state index contributed by atoms with van der Waals surface area (Å²) in [6, 6.07) is 9.29. The molecule has 1 aliphatic carbocycles. The van der Waals surface area contributed by atoms with Crippen LogP contribution in [0.2, 0.25) is 0 Å². The fourth-order valence-electron chi connectivity index (χ4n) is 5.49. The average Bonchev–Trinajstić information content (AvgIpc) is 3.36. The largest absolute Gasteiger partial charge is 0.394 e. The first-order valence-electron chi connectivity index (χ1n) is 12.0. The number of aliphatic hydroxyl groups is 1. The lowest BCUT2D eigenvalue weighted by Crippen LogP contribution is -2.73. The van der Waals surface area contributed by atoms with Gasteiger partial charge in [-0.05, 0) is 42.7 Å². The lowest BCUT2D eigenvalue weighted by Gasteiger charge is -2.58. The van der Waals surface area contributed by atoms with Gasteiger partial charge in [-0.1, -0.05) is 36.8 Å². The molecule has 0 bridgehead atoms. The van der Waals surface area contributed by atoms with E-state index >= 15 is 0 Å². The molecule has 2 saturated heterocycles. The van der Waals surface area contributed by atoms with Gasteiger partial charge < -0.3 is 20.2 Å². The van der Waals surface area contributed by atoms with E-state index in [1.165, 1.54) is 17.7 Å². The van der Waals surface area contributed by atoms with Crippen LogP contribution in [0, 0.1) is 29.4 Å². The molecule has 3 amide bonds. The van der Waals surface area contributed by atoms with E-state index in [4.69, 9.17) is 0 Å². The molecule has 2 aliphatic heterocycles. The minimum Gasteiger partial charge on any atom is -0.394 e. The van der Waals surface area contributed by atoms with Crippen LogP contribution in [0.4, 0.5) is 19.3 Å². The third-order valence-corrected chi connectivity index (χ3v) is 7.28. The molecule has 35 heavy (non-hydrogen) atoms. The third kappa shape index (κ3) is 4.61. The first-order chi connectivity index (χ1) is 16.9. The van der Waals surface area contributed by atoms with Gasteiger partial charge in [0.1, 0.15) is 18.2 Å². The molecule has 5 rings (SSSR count). The van der Waals surface area contributed by atoms with Crippen LogP contribution in [-0.4, -0.2) is 58.6 Å². The van der Waals surface area contributed by atoms with Gasteiger partial charge in [-0.2, -0.15) is 0 Å². The van der Waals surface area contributed by atoms with Crippen molar-refractivity contribution in [3.05, 3.63) is 65.2 Å². The number of hydrogen-bond donors (Lipinski definition) is 2. The van der Waals surface area contributed by atoms with Crippen molar-refractivity contribution in [2.75, 3.05) is 25.0 Å². The van der Waals surface area contributed by atoms with E-state index in [0.29, 0.717) is 5.92 Å². The van der Waals surface area contributed by atoms with E-state index in [-0.39, 0.29) is 49.3 Å². The van der Waals surface area contributed by atoms with Gasteiger partial charge in [-0.3, -0.25) is 4.79 Å². The highest BCUT2D eigenvalue weighted by Gasteiger charge is 2.54. The number of nitrogens with zero attached hydrogens (tertiary/aromatic N) is 2. The average molecular weight is 480 g/mol. The zero-order valence-electron chi connectivity index (χ0n) is 19.2. The van der Waals surface area contributed by atoms with Crippen LogP contribution in [0.25, 0.3) is 0 Å². The number of aliphatic hydroxyl groups excluding tert-OH is 1. The molecule has 0 aromatic heterocycles. The quantitative estimate of drug-likeness (QED) is 0.660. The summed E-state index contributed by atoms with van der Waals surface area (Å²) in [5.41, 5.74) is 1.61. The number of urea groups is 1. The van der Waals surface area contributed by atoms with Crippen molar-refractivity contribution in [1.29, 1.82) is 0 Å². The summed E-state index contributed by atoms with van der Waals surface area (Å²) in [4.78, 5) is 28.5. The second kappa shape index (κ2) is 9.67. The molecule has 3 aliphatic rings. The summed E-state index contributed by atoms with van der Waals surface area (Å²) in [6.45, 7) is -0.159. The summed E-state index contributed by atoms with van der Waals surface area (Å²) < 4.78 is 27.4. The van der Waals surface area contributed by atoms with Crippen molar-refractivity contribution in [3.63, 3.8) is 0 Å². The topological polar surface area (TPSA) is 72.9 Å². The zero-order chi connectivity index (χ0) is 24.5. The number of carbonyl (C=O) groups is 2. The van der Waals surface area contributed by atoms with Crippen molar-refractivity contribution in [3.8, 4) is 11.8 Å². The molecule has 182 valence electrons. The monoisotopic (exact) mass is 479 g/mol. The Labute approximate surface area is 202 Å². The summed E-state index contributed by atoms with van der Waals surface area (Å²) in [6.07, 6.45) is 4.80. The molecule has 3 fully saturated rings. The van der Waals surface area contributed by atoms with Crippen molar-refractivity contribution < 1.29 is 23.5 Å². The van der Waals surface area contributed by atoms with Crippen molar-refractivity contribution in [2.45, 2.75) is 43.7 Å². The lowest BCUT2D eigenvalue weighted by atomic mass is 9.73. The Hall–Kier alpha value is -3.44. The number of fused-ring (bicyclic) bond motifs is 1. The Bertz CT molecular complexity index is 1180. The Morgan fingerprint density at radius 3 is 2.57 bits per heavy atom. The van der Waals surface area contributed by atoms with Gasteiger partial charge >= 0.3 is 6.03 Å². The maximum absolute atomic E-state index is 14.0. The fourth-order valence-corrected chi connectivity index (χ4v) is 5.49. The summed E-state index contributed by atoms with van der Waals surface area (Å²) in [5.74, 6) is 5.19. The normalized spacial score (nSPS) is 23.9. The number of amides is 3. The van der Waals surface area contributed by atoms with Gasteiger partial charge in [-0.25, -0.2) is 13.6 Å². The summed E-state index contributed by atoms with van der Waals surface area (Å²) in [5, 5.41) is 12.3. The van der Waals surface area contributed by atoms with E-state index in [0.717, 1.165) is 42.2 Å². The van der Waals surface area contributed by atoms with Gasteiger partial charge in [-0.15, -0.1) is 0 Å². The Morgan fingerprint density at radius 2 is 1.86 bits per heavy atom. The number of piperazine rings is 1. The molecule has 8 heteroatoms. The highest BCUT2D eigenvalue weighted by Crippen LogP contribution is 2.43. The van der Waals surface area contributed by atoms with Crippen molar-refractivity contribution in [1.82, 2.24) is 9.80 Å². The van der Waals surface area contributed by atoms with Crippen LogP contribution in [0.1, 0.15) is 42.7 Å². The van der Waals surface area contributed by atoms with Gasteiger partial charge in [0.25, 0.3) is 0 Å². The van der Waals surface area contributed by atoms with E-state index < -0.39 is 17.7 Å². The Kier molecular flexibility index (Phi) is 6.44. The zero-order valence-corrected chi connectivity index (χ0v) is 19.2. The molecule has 1 saturated carbocycles. The minimum atomic E-state index is -0.761. The molecular weight excluding hydrogens is 452 g/mol. The van der Waals surface area contributed by atoms with E-state index in [9.17, 15) is 23.5 Å². The van der Waals surface area contributed by atoms with Gasteiger partial charge in [0.15, 0.2) is 0 Å². The molecule has 2 heterocycles. The summed E-state index contributed by atoms with van der Waals surface area (Å²) in [7, 11) is 0. The number of hydrogen-bond acceptors (Lipinski definition) is 3. The number of rotatable bonds is 3. The molecule has 2 aromatic rings. The second-order valence-corrected chi connectivity index (χ2v) is 9.45. The highest BCUT2D eigenvalue weighted by molar-refractivity contribution is 5.94. The molecule has 2 aromatic carbocycles. The van der Waals surface area contributed by atoms with Crippen LogP contribution >= 0.6 is 0 Å². The molecule has 0 unspecified atom stereocenters. The standard InChI is InChI=1S/C27H27F2N3O3/c28-20-11-12-21(29)22(13-20)30-27(35)31-14-23-26(24(16-33)32(23)25(34)15-31)19-9-7-18(8-10-19)6-5-17-3-1-2-4-17/h7-13,17,23-24,26,33H,1-4,14-16H2,(H,30,35)/t23-,24+,26-/m1/s1. The number of anilines is 1. The SMILES string of the molecule is O=C(Nc1cc(F)ccc1F)N1CC(=O)N2[C@H](C1)[C@@H](c1ccc(C#CC3CCCC3)cc1)[C@@H]2CO. The number of nitrogens with one attached hydrogen (secondary N) is 1. The van der Waals surface area contributed by atoms with E-state index in [1.807, 2.05) is 24.3 Å². The molecule has 0 spiro atoms. The summed E-state index contributed by atoms with van der Waals surface area (Å²) >= 11 is 0. The van der Waals surface area contributed by atoms with Crippen LogP contribution in [0.5, 0.6) is 0 Å². The smallest absolute Gasteiger partial charge is 0.322 e. The molecule has 0 radical (unpaired) electrons. The third-order valence-electron chi connectivity index (χ3n) is 7.28. The maximum atomic E-state index is 14.0. The predicted octanol–water partition coefficient (Wildman–Crippen LogP) is 3.71. The first kappa shape index (κ1) is 23.3.